The molecule has 10 nitrogen and oxygen atoms in total. The molecule has 1 fully saturated rings. The van der Waals surface area contributed by atoms with Crippen LogP contribution in [0.25, 0.3) is 27.9 Å². The number of para-hydroxylation sites is 1. The highest BCUT2D eigenvalue weighted by Crippen LogP contribution is 2.43. The fourth-order valence-corrected chi connectivity index (χ4v) is 4.21. The van der Waals surface area contributed by atoms with Crippen LogP contribution in [-0.4, -0.2) is 44.9 Å². The average molecular weight is 441 g/mol. The highest BCUT2D eigenvalue weighted by atomic mass is 15.6. The summed E-state index contributed by atoms with van der Waals surface area (Å²) in [4.78, 5) is 15.5. The van der Waals surface area contributed by atoms with Gasteiger partial charge in [0.05, 0.1) is 17.8 Å². The lowest BCUT2D eigenvalue weighted by atomic mass is 10.0. The molecule has 1 N–H and O–H groups in total. The van der Waals surface area contributed by atoms with Gasteiger partial charge in [0.1, 0.15) is 11.0 Å². The van der Waals surface area contributed by atoms with Gasteiger partial charge in [-0.3, -0.25) is 9.67 Å². The Morgan fingerprint density at radius 1 is 1.09 bits per heavy atom. The first kappa shape index (κ1) is 19.7. The Labute approximate surface area is 190 Å². The van der Waals surface area contributed by atoms with Gasteiger partial charge in [0.15, 0.2) is 12.1 Å². The van der Waals surface area contributed by atoms with Gasteiger partial charge in [-0.2, -0.15) is 10.1 Å². The summed E-state index contributed by atoms with van der Waals surface area (Å²) in [5, 5.41) is 21.4. The first-order valence-electron chi connectivity index (χ1n) is 11.3. The number of aromatic nitrogens is 9. The zero-order valence-electron chi connectivity index (χ0n) is 18.5. The van der Waals surface area contributed by atoms with Crippen LogP contribution in [0.5, 0.6) is 0 Å². The minimum Gasteiger partial charge on any atom is -0.361 e. The summed E-state index contributed by atoms with van der Waals surface area (Å²) in [5.74, 6) is 1.60. The molecule has 1 saturated carbocycles. The number of rotatable bonds is 7. The van der Waals surface area contributed by atoms with E-state index in [1.165, 1.54) is 24.0 Å². The number of anilines is 1. The van der Waals surface area contributed by atoms with Gasteiger partial charge < -0.3 is 5.32 Å². The number of nitrogens with zero attached hydrogens (tertiary/aromatic N) is 9. The van der Waals surface area contributed by atoms with Crippen LogP contribution >= 0.6 is 0 Å². The maximum absolute atomic E-state index is 4.83. The Morgan fingerprint density at radius 3 is 2.76 bits per heavy atom. The van der Waals surface area contributed by atoms with Gasteiger partial charge in [-0.05, 0) is 55.0 Å². The van der Waals surface area contributed by atoms with Crippen molar-refractivity contribution in [1.29, 1.82) is 0 Å². The van der Waals surface area contributed by atoms with Crippen molar-refractivity contribution in [2.24, 2.45) is 5.92 Å². The molecule has 33 heavy (non-hydrogen) atoms. The molecule has 2 atom stereocenters. The van der Waals surface area contributed by atoms with Crippen molar-refractivity contribution in [2.45, 2.75) is 45.2 Å². The second-order valence-corrected chi connectivity index (χ2v) is 8.60. The van der Waals surface area contributed by atoms with Crippen molar-refractivity contribution in [3.63, 3.8) is 0 Å². The van der Waals surface area contributed by atoms with Crippen molar-refractivity contribution in [1.82, 2.24) is 44.9 Å². The van der Waals surface area contributed by atoms with E-state index in [-0.39, 0.29) is 12.1 Å². The monoisotopic (exact) mass is 440 g/mol. The van der Waals surface area contributed by atoms with Crippen molar-refractivity contribution in [3.8, 4) is 5.95 Å². The topological polar surface area (TPSA) is 112 Å². The number of pyridine rings is 1. The quantitative estimate of drug-likeness (QED) is 0.406. The van der Waals surface area contributed by atoms with E-state index in [0.29, 0.717) is 11.9 Å². The van der Waals surface area contributed by atoms with E-state index >= 15 is 0 Å². The predicted molar refractivity (Wildman–Crippen MR) is 124 cm³/mol. The van der Waals surface area contributed by atoms with Gasteiger partial charge in [0.2, 0.25) is 0 Å². The number of tetrazole rings is 1. The van der Waals surface area contributed by atoms with Crippen molar-refractivity contribution < 1.29 is 0 Å². The molecule has 1 aromatic carbocycles. The second-order valence-electron chi connectivity index (χ2n) is 8.60. The average Bonchev–Trinajstić information content (AvgIpc) is 3.36. The number of hydrogen-bond acceptors (Lipinski definition) is 8. The van der Waals surface area contributed by atoms with Crippen LogP contribution in [0.1, 0.15) is 50.8 Å². The zero-order valence-corrected chi connectivity index (χ0v) is 18.5. The number of hydrogen-bond donors (Lipinski definition) is 1. The van der Waals surface area contributed by atoms with Crippen LogP contribution in [0.15, 0.2) is 49.1 Å². The molecular formula is C23H24N10. The molecule has 4 aromatic heterocycles. The van der Waals surface area contributed by atoms with E-state index in [1.807, 2.05) is 29.1 Å². The van der Waals surface area contributed by atoms with Gasteiger partial charge in [-0.15, -0.1) is 10.2 Å². The molecular weight excluding hydrogens is 416 g/mol. The van der Waals surface area contributed by atoms with Crippen LogP contribution in [0.4, 0.5) is 5.82 Å². The lowest BCUT2D eigenvalue weighted by Crippen LogP contribution is -2.18. The number of fused-ring (bicyclic) bond motifs is 2. The summed E-state index contributed by atoms with van der Waals surface area (Å²) >= 11 is 0. The molecule has 0 aliphatic heterocycles. The van der Waals surface area contributed by atoms with Gasteiger partial charge in [0.25, 0.3) is 5.95 Å². The van der Waals surface area contributed by atoms with Gasteiger partial charge in [-0.1, -0.05) is 29.9 Å². The lowest BCUT2D eigenvalue weighted by Gasteiger charge is -2.21. The van der Waals surface area contributed by atoms with E-state index in [0.717, 1.165) is 39.7 Å². The van der Waals surface area contributed by atoms with Crippen LogP contribution in [0.2, 0.25) is 0 Å². The molecule has 0 saturated heterocycles. The lowest BCUT2D eigenvalue weighted by molar-refractivity contribution is 0.492. The summed E-state index contributed by atoms with van der Waals surface area (Å²) in [6, 6.07) is 10.7. The molecule has 0 amide bonds. The van der Waals surface area contributed by atoms with Crippen LogP contribution in [-0.2, 0) is 0 Å². The van der Waals surface area contributed by atoms with Crippen LogP contribution < -0.4 is 5.32 Å². The molecule has 5 aromatic rings. The van der Waals surface area contributed by atoms with Crippen LogP contribution in [0, 0.1) is 5.92 Å². The summed E-state index contributed by atoms with van der Waals surface area (Å²) in [6.07, 6.45) is 8.41. The van der Waals surface area contributed by atoms with Crippen molar-refractivity contribution in [2.75, 3.05) is 5.32 Å². The fourth-order valence-electron chi connectivity index (χ4n) is 4.21. The smallest absolute Gasteiger partial charge is 0.273 e. The molecule has 0 radical (unpaired) electrons. The molecule has 10 heteroatoms. The first-order valence-corrected chi connectivity index (χ1v) is 11.3. The van der Waals surface area contributed by atoms with Crippen molar-refractivity contribution >= 4 is 27.8 Å². The minimum atomic E-state index is 0.0806. The standard InChI is InChI=1S/C23H24N10/c1-3-14(2)32-21-19(12-26-32)28-23(33-27-13-25-31-33)30-22(21)29-20(15-8-9-15)17-10-16-6-4-5-7-18(16)24-11-17/h4-7,10-15,20H,3,8-9H2,1-2H3,(H,28,29,30). The third-order valence-corrected chi connectivity index (χ3v) is 6.33. The minimum absolute atomic E-state index is 0.0806. The molecule has 166 valence electrons. The third-order valence-electron chi connectivity index (χ3n) is 6.33. The molecule has 1 aliphatic rings. The second kappa shape index (κ2) is 7.88. The van der Waals surface area contributed by atoms with Crippen LogP contribution in [0.3, 0.4) is 0 Å². The Morgan fingerprint density at radius 2 is 1.97 bits per heavy atom. The molecule has 0 bridgehead atoms. The molecule has 4 heterocycles. The van der Waals surface area contributed by atoms with Crippen molar-refractivity contribution in [3.05, 3.63) is 54.6 Å². The highest BCUT2D eigenvalue weighted by Gasteiger charge is 2.34. The van der Waals surface area contributed by atoms with E-state index in [1.54, 1.807) is 6.20 Å². The summed E-state index contributed by atoms with van der Waals surface area (Å²) < 4.78 is 2.00. The van der Waals surface area contributed by atoms with Gasteiger partial charge >= 0.3 is 0 Å². The molecule has 0 spiro atoms. The molecule has 1 aliphatic carbocycles. The highest BCUT2D eigenvalue weighted by molar-refractivity contribution is 5.86. The third kappa shape index (κ3) is 3.57. The Balaban J connectivity index is 1.48. The molecule has 2 unspecified atom stereocenters. The van der Waals surface area contributed by atoms with Gasteiger partial charge in [0, 0.05) is 17.6 Å². The summed E-state index contributed by atoms with van der Waals surface area (Å²) in [5.41, 5.74) is 3.77. The largest absolute Gasteiger partial charge is 0.361 e. The Kier molecular flexibility index (Phi) is 4.70. The Hall–Kier alpha value is -3.95. The molecule has 6 rings (SSSR count). The summed E-state index contributed by atoms with van der Waals surface area (Å²) in [6.45, 7) is 4.29. The SMILES string of the molecule is CCC(C)n1ncc2nc(-n3ncnn3)nc(NC(c3cnc4ccccc4c3)C3CC3)c21. The maximum Gasteiger partial charge on any atom is 0.273 e. The normalized spacial score (nSPS) is 15.7. The maximum atomic E-state index is 4.83. The summed E-state index contributed by atoms with van der Waals surface area (Å²) in [7, 11) is 0. The van der Waals surface area contributed by atoms with Gasteiger partial charge in [-0.25, -0.2) is 4.98 Å². The Bertz CT molecular complexity index is 1420. The fraction of sp³-hybridized carbons (Fsp3) is 0.348. The first-order chi connectivity index (χ1) is 16.2. The number of benzene rings is 1. The zero-order chi connectivity index (χ0) is 22.4. The van der Waals surface area contributed by atoms with E-state index < -0.39 is 0 Å². The number of nitrogens with one attached hydrogen (secondary N) is 1. The predicted octanol–water partition coefficient (Wildman–Crippen LogP) is 3.88. The van der Waals surface area contributed by atoms with E-state index in [9.17, 15) is 0 Å². The van der Waals surface area contributed by atoms with E-state index in [4.69, 9.17) is 9.97 Å². The van der Waals surface area contributed by atoms with E-state index in [2.05, 4.69) is 56.8 Å².